The summed E-state index contributed by atoms with van der Waals surface area (Å²) in [7, 11) is 0. The minimum atomic E-state index is 0.0758. The summed E-state index contributed by atoms with van der Waals surface area (Å²) in [6.07, 6.45) is 5.26. The molecule has 1 aliphatic carbocycles. The highest BCUT2D eigenvalue weighted by Gasteiger charge is 2.13. The van der Waals surface area contributed by atoms with Gasteiger partial charge in [0.05, 0.1) is 0 Å². The zero-order chi connectivity index (χ0) is 16.5. The van der Waals surface area contributed by atoms with Gasteiger partial charge in [-0.3, -0.25) is 4.79 Å². The summed E-state index contributed by atoms with van der Waals surface area (Å²) in [6, 6.07) is 22.0. The lowest BCUT2D eigenvalue weighted by Gasteiger charge is -2.08. The number of carbonyl (C=O) groups is 1. The summed E-state index contributed by atoms with van der Waals surface area (Å²) in [5.74, 6) is 0.0758. The number of hydrogen-bond acceptors (Lipinski definition) is 1. The van der Waals surface area contributed by atoms with Crippen molar-refractivity contribution in [3.63, 3.8) is 0 Å². The van der Waals surface area contributed by atoms with Crippen LogP contribution in [0.25, 0.3) is 16.3 Å². The van der Waals surface area contributed by atoms with Gasteiger partial charge in [-0.1, -0.05) is 66.7 Å². The smallest absolute Gasteiger partial charge is 0.193 e. The highest BCUT2D eigenvalue weighted by Crippen LogP contribution is 2.29. The second-order valence-corrected chi connectivity index (χ2v) is 6.24. The van der Waals surface area contributed by atoms with E-state index in [4.69, 9.17) is 0 Å². The van der Waals surface area contributed by atoms with Crippen LogP contribution in [0, 0.1) is 0 Å². The van der Waals surface area contributed by atoms with Crippen molar-refractivity contribution in [2.75, 3.05) is 0 Å². The number of fused-ring (bicyclic) bond motifs is 1. The van der Waals surface area contributed by atoms with Crippen molar-refractivity contribution in [3.05, 3.63) is 101 Å². The van der Waals surface area contributed by atoms with E-state index in [9.17, 15) is 4.79 Å². The van der Waals surface area contributed by atoms with Crippen LogP contribution >= 0.6 is 0 Å². The van der Waals surface area contributed by atoms with Crippen molar-refractivity contribution in [2.24, 2.45) is 0 Å². The van der Waals surface area contributed by atoms with Crippen LogP contribution in [0.3, 0.4) is 0 Å². The fourth-order valence-corrected chi connectivity index (χ4v) is 3.31. The quantitative estimate of drug-likeness (QED) is 0.558. The van der Waals surface area contributed by atoms with E-state index in [1.54, 1.807) is 0 Å². The molecule has 0 fully saturated rings. The van der Waals surface area contributed by atoms with E-state index in [2.05, 4.69) is 31.2 Å². The molecule has 0 radical (unpaired) electrons. The maximum absolute atomic E-state index is 12.9. The van der Waals surface area contributed by atoms with Crippen LogP contribution in [0.1, 0.15) is 34.8 Å². The van der Waals surface area contributed by atoms with Crippen LogP contribution in [0.5, 0.6) is 0 Å². The summed E-state index contributed by atoms with van der Waals surface area (Å²) < 4.78 is 0. The molecule has 0 unspecified atom stereocenters. The van der Waals surface area contributed by atoms with Gasteiger partial charge in [-0.2, -0.15) is 0 Å². The van der Waals surface area contributed by atoms with Crippen molar-refractivity contribution in [1.82, 2.24) is 0 Å². The van der Waals surface area contributed by atoms with Crippen molar-refractivity contribution in [2.45, 2.75) is 13.3 Å². The predicted octanol–water partition coefficient (Wildman–Crippen LogP) is 5.80. The Hall–Kier alpha value is -2.93. The van der Waals surface area contributed by atoms with Crippen molar-refractivity contribution < 1.29 is 4.79 Å². The molecule has 4 rings (SSSR count). The van der Waals surface area contributed by atoms with Crippen LogP contribution in [0.15, 0.2) is 84.5 Å². The van der Waals surface area contributed by atoms with E-state index in [-0.39, 0.29) is 5.78 Å². The van der Waals surface area contributed by atoms with Crippen LogP contribution in [-0.4, -0.2) is 5.78 Å². The molecule has 0 amide bonds. The van der Waals surface area contributed by atoms with Gasteiger partial charge in [0.2, 0.25) is 0 Å². The Kier molecular flexibility index (Phi) is 3.62. The molecule has 0 aliphatic heterocycles. The van der Waals surface area contributed by atoms with E-state index in [1.165, 1.54) is 11.1 Å². The van der Waals surface area contributed by atoms with Gasteiger partial charge >= 0.3 is 0 Å². The fraction of sp³-hybridized carbons (Fsp3) is 0.0870. The molecule has 3 aromatic rings. The van der Waals surface area contributed by atoms with Gasteiger partial charge in [0, 0.05) is 11.1 Å². The van der Waals surface area contributed by atoms with Gasteiger partial charge in [0.25, 0.3) is 0 Å². The van der Waals surface area contributed by atoms with Crippen molar-refractivity contribution >= 4 is 22.1 Å². The third-order valence-corrected chi connectivity index (χ3v) is 4.65. The third-order valence-electron chi connectivity index (χ3n) is 4.65. The second kappa shape index (κ2) is 5.93. The first kappa shape index (κ1) is 14.6. The summed E-state index contributed by atoms with van der Waals surface area (Å²) >= 11 is 0. The molecule has 0 heterocycles. The van der Waals surface area contributed by atoms with E-state index in [0.717, 1.165) is 33.9 Å². The largest absolute Gasteiger partial charge is 0.289 e. The van der Waals surface area contributed by atoms with Gasteiger partial charge in [0.1, 0.15) is 0 Å². The number of rotatable bonds is 3. The molecule has 0 N–H and O–H groups in total. The lowest BCUT2D eigenvalue weighted by Crippen LogP contribution is -2.02. The Balaban J connectivity index is 1.72. The number of benzene rings is 3. The normalized spacial score (nSPS) is 13.7. The van der Waals surface area contributed by atoms with Gasteiger partial charge in [-0.25, -0.2) is 0 Å². The molecule has 0 spiro atoms. The van der Waals surface area contributed by atoms with E-state index in [0.29, 0.717) is 0 Å². The number of carbonyl (C=O) groups excluding carboxylic acids is 1. The van der Waals surface area contributed by atoms with Gasteiger partial charge in [0.15, 0.2) is 5.78 Å². The minimum absolute atomic E-state index is 0.0758. The molecule has 0 saturated carbocycles. The summed E-state index contributed by atoms with van der Waals surface area (Å²) in [5.41, 5.74) is 5.22. The van der Waals surface area contributed by atoms with Crippen molar-refractivity contribution in [1.29, 1.82) is 0 Å². The zero-order valence-corrected chi connectivity index (χ0v) is 13.6. The molecular formula is C23H18O. The van der Waals surface area contributed by atoms with Gasteiger partial charge < -0.3 is 0 Å². The molecule has 116 valence electrons. The molecule has 0 atom stereocenters. The van der Waals surface area contributed by atoms with Gasteiger partial charge in [-0.05, 0) is 53.0 Å². The van der Waals surface area contributed by atoms with Crippen LogP contribution in [0.2, 0.25) is 0 Å². The maximum atomic E-state index is 12.9. The van der Waals surface area contributed by atoms with Crippen LogP contribution < -0.4 is 0 Å². The Morgan fingerprint density at radius 1 is 0.833 bits per heavy atom. The lowest BCUT2D eigenvalue weighted by molar-refractivity contribution is 0.103. The Bertz CT molecular complexity index is 1010. The average Bonchev–Trinajstić information content (AvgIpc) is 3.07. The standard InChI is InChI=1S/C23H18O/c1-16-6-4-11-22(16)19-9-5-10-20(15-19)23(24)21-13-12-17-7-2-3-8-18(17)14-21/h2-10,12-15H,11H2,1H3. The Morgan fingerprint density at radius 2 is 1.62 bits per heavy atom. The fourth-order valence-electron chi connectivity index (χ4n) is 3.31. The second-order valence-electron chi connectivity index (χ2n) is 6.24. The first-order valence-electron chi connectivity index (χ1n) is 8.22. The summed E-state index contributed by atoms with van der Waals surface area (Å²) in [4.78, 5) is 12.9. The molecule has 0 aromatic heterocycles. The predicted molar refractivity (Wildman–Crippen MR) is 100 cm³/mol. The zero-order valence-electron chi connectivity index (χ0n) is 13.6. The van der Waals surface area contributed by atoms with E-state index in [1.807, 2.05) is 54.6 Å². The maximum Gasteiger partial charge on any atom is 0.193 e. The molecule has 24 heavy (non-hydrogen) atoms. The molecule has 3 aromatic carbocycles. The van der Waals surface area contributed by atoms with Crippen LogP contribution in [-0.2, 0) is 0 Å². The third kappa shape index (κ3) is 2.59. The molecule has 1 nitrogen and oxygen atoms in total. The van der Waals surface area contributed by atoms with Crippen LogP contribution in [0.4, 0.5) is 0 Å². The molecule has 0 saturated heterocycles. The lowest BCUT2D eigenvalue weighted by atomic mass is 9.95. The molecule has 1 heteroatoms. The van der Waals surface area contributed by atoms with Crippen molar-refractivity contribution in [3.8, 4) is 0 Å². The average molecular weight is 310 g/mol. The molecule has 0 bridgehead atoms. The Morgan fingerprint density at radius 3 is 2.42 bits per heavy atom. The summed E-state index contributed by atoms with van der Waals surface area (Å²) in [6.45, 7) is 2.12. The van der Waals surface area contributed by atoms with Gasteiger partial charge in [-0.15, -0.1) is 0 Å². The molecular weight excluding hydrogens is 292 g/mol. The first-order chi connectivity index (χ1) is 11.7. The monoisotopic (exact) mass is 310 g/mol. The Labute approximate surface area is 142 Å². The number of allylic oxidation sites excluding steroid dienone is 4. The topological polar surface area (TPSA) is 17.1 Å². The SMILES string of the molecule is CC1=C(c2cccc(C(=O)c3ccc4ccccc4c3)c2)CC=C1. The van der Waals surface area contributed by atoms with E-state index < -0.39 is 0 Å². The van der Waals surface area contributed by atoms with E-state index >= 15 is 0 Å². The molecule has 1 aliphatic rings. The minimum Gasteiger partial charge on any atom is -0.289 e. The highest BCUT2D eigenvalue weighted by molar-refractivity contribution is 6.11. The number of ketones is 1. The number of hydrogen-bond donors (Lipinski definition) is 0. The highest BCUT2D eigenvalue weighted by atomic mass is 16.1. The first-order valence-corrected chi connectivity index (χ1v) is 8.22. The summed E-state index contributed by atoms with van der Waals surface area (Å²) in [5, 5.41) is 2.25.